The lowest BCUT2D eigenvalue weighted by atomic mass is 9.99. The van der Waals surface area contributed by atoms with E-state index in [1.54, 1.807) is 6.08 Å². The van der Waals surface area contributed by atoms with E-state index in [1.165, 1.54) is 173 Å². The first-order chi connectivity index (χ1) is 39.3. The van der Waals surface area contributed by atoms with Gasteiger partial charge in [-0.2, -0.15) is 0 Å². The Kier molecular flexibility index (Phi) is 55.2. The maximum Gasteiger partial charge on any atom is 0.220 e. The summed E-state index contributed by atoms with van der Waals surface area (Å²) in [6.45, 7) is 3.66. The second kappa shape index (κ2) is 59.0. The van der Waals surface area contributed by atoms with Crippen LogP contribution in [-0.2, 0) is 14.3 Å². The topological polar surface area (TPSA) is 149 Å². The van der Waals surface area contributed by atoms with Crippen molar-refractivity contribution < 1.29 is 39.8 Å². The van der Waals surface area contributed by atoms with Crippen molar-refractivity contribution in [2.45, 2.75) is 320 Å². The maximum absolute atomic E-state index is 13.1. The average Bonchev–Trinajstić information content (AvgIpc) is 3.46. The highest BCUT2D eigenvalue weighted by atomic mass is 16.7. The van der Waals surface area contributed by atoms with Crippen molar-refractivity contribution in [1.29, 1.82) is 0 Å². The molecule has 0 aromatic heterocycles. The lowest BCUT2D eigenvalue weighted by Gasteiger charge is -2.40. The highest BCUT2D eigenvalue weighted by molar-refractivity contribution is 5.76. The second-order valence-corrected chi connectivity index (χ2v) is 22.5. The van der Waals surface area contributed by atoms with E-state index < -0.39 is 49.5 Å². The molecule has 1 heterocycles. The standard InChI is InChI=1S/C71H123NO8/c1-3-5-7-9-11-13-15-17-19-21-23-25-27-29-30-31-32-33-34-35-36-37-39-41-43-45-47-49-51-53-55-57-59-61-67(75)72-64(63-79-71-70(78)69(77)68(76)66(62-73)80-71)65(74)60-58-56-54-52-50-48-46-44-42-40-38-28-26-24-22-20-18-16-14-12-10-8-6-4-2/h5,7,11,13,17,19,23,25,29-30,32-33,42,44,50,52,58,60,64-66,68-71,73-74,76-78H,3-4,6,8-10,12,14-16,18,20-22,24,26-28,31,34-41,43,45-49,51,53-57,59,61-63H2,1-2H3,(H,72,75)/b7-5-,13-11-,19-17-,25-23-,30-29-,33-32-,44-42+,52-50+,60-58+. The molecule has 0 aromatic rings. The number of unbranched alkanes of at least 4 members (excludes halogenated alkanes) is 30. The molecule has 1 fully saturated rings. The number of carbonyl (C=O) groups is 1. The van der Waals surface area contributed by atoms with Gasteiger partial charge >= 0.3 is 0 Å². The average molecular weight is 1120 g/mol. The van der Waals surface area contributed by atoms with E-state index in [2.05, 4.69) is 116 Å². The summed E-state index contributed by atoms with van der Waals surface area (Å²) in [4.78, 5) is 13.1. The second-order valence-electron chi connectivity index (χ2n) is 22.5. The number of aliphatic hydroxyl groups excluding tert-OH is 5. The monoisotopic (exact) mass is 1120 g/mol. The number of ether oxygens (including phenoxy) is 2. The van der Waals surface area contributed by atoms with Gasteiger partial charge in [0, 0.05) is 6.42 Å². The summed E-state index contributed by atoms with van der Waals surface area (Å²) in [7, 11) is 0. The van der Waals surface area contributed by atoms with Crippen LogP contribution in [0.2, 0.25) is 0 Å². The molecule has 1 amide bonds. The summed E-state index contributed by atoms with van der Waals surface area (Å²) in [6.07, 6.45) is 80.3. The molecular formula is C71H123NO8. The third-order valence-corrected chi connectivity index (χ3v) is 15.1. The van der Waals surface area contributed by atoms with Crippen LogP contribution in [0.15, 0.2) is 109 Å². The Balaban J connectivity index is 2.19. The van der Waals surface area contributed by atoms with Gasteiger partial charge in [0.1, 0.15) is 24.4 Å². The van der Waals surface area contributed by atoms with E-state index in [4.69, 9.17) is 9.47 Å². The molecule has 460 valence electrons. The van der Waals surface area contributed by atoms with Gasteiger partial charge in [0.25, 0.3) is 0 Å². The molecule has 7 atom stereocenters. The summed E-state index contributed by atoms with van der Waals surface area (Å²) in [5.74, 6) is -0.193. The molecule has 0 spiro atoms. The van der Waals surface area contributed by atoms with Gasteiger partial charge in [0.05, 0.1) is 25.4 Å². The van der Waals surface area contributed by atoms with E-state index in [0.29, 0.717) is 6.42 Å². The smallest absolute Gasteiger partial charge is 0.220 e. The maximum atomic E-state index is 13.1. The number of hydrogen-bond acceptors (Lipinski definition) is 8. The first kappa shape index (κ1) is 74.9. The summed E-state index contributed by atoms with van der Waals surface area (Å²) in [5, 5.41) is 54.7. The molecular weight excluding hydrogens is 995 g/mol. The van der Waals surface area contributed by atoms with Gasteiger partial charge in [0.2, 0.25) is 5.91 Å². The van der Waals surface area contributed by atoms with Gasteiger partial charge in [-0.25, -0.2) is 0 Å². The quantitative estimate of drug-likeness (QED) is 0.0261. The third-order valence-electron chi connectivity index (χ3n) is 15.1. The fourth-order valence-corrected chi connectivity index (χ4v) is 9.90. The number of nitrogens with one attached hydrogen (secondary N) is 1. The fraction of sp³-hybridized carbons (Fsp3) is 0.732. The van der Waals surface area contributed by atoms with Crippen molar-refractivity contribution in [2.75, 3.05) is 13.2 Å². The number of hydrogen-bond donors (Lipinski definition) is 6. The predicted molar refractivity (Wildman–Crippen MR) is 341 cm³/mol. The summed E-state index contributed by atoms with van der Waals surface area (Å²) >= 11 is 0. The predicted octanol–water partition coefficient (Wildman–Crippen LogP) is 17.7. The first-order valence-corrected chi connectivity index (χ1v) is 33.1. The lowest BCUT2D eigenvalue weighted by molar-refractivity contribution is -0.302. The Morgan fingerprint density at radius 2 is 0.787 bits per heavy atom. The van der Waals surface area contributed by atoms with Crippen LogP contribution in [0.25, 0.3) is 0 Å². The number of carbonyl (C=O) groups excluding carboxylic acids is 1. The van der Waals surface area contributed by atoms with Crippen molar-refractivity contribution >= 4 is 5.91 Å². The van der Waals surface area contributed by atoms with Crippen LogP contribution in [0.4, 0.5) is 0 Å². The molecule has 0 bridgehead atoms. The zero-order valence-electron chi connectivity index (χ0n) is 51.3. The number of rotatable bonds is 56. The molecule has 1 saturated heterocycles. The number of aliphatic hydroxyl groups is 5. The molecule has 0 saturated carbocycles. The summed E-state index contributed by atoms with van der Waals surface area (Å²) < 4.78 is 11.3. The Morgan fingerprint density at radius 3 is 1.20 bits per heavy atom. The van der Waals surface area contributed by atoms with E-state index in [-0.39, 0.29) is 12.5 Å². The van der Waals surface area contributed by atoms with Gasteiger partial charge in [-0.1, -0.05) is 284 Å². The molecule has 1 aliphatic heterocycles. The van der Waals surface area contributed by atoms with Gasteiger partial charge in [-0.3, -0.25) is 4.79 Å². The minimum atomic E-state index is -1.58. The van der Waals surface area contributed by atoms with E-state index in [1.807, 2.05) is 6.08 Å². The molecule has 0 aliphatic carbocycles. The minimum Gasteiger partial charge on any atom is -0.394 e. The Labute approximate surface area is 491 Å². The highest BCUT2D eigenvalue weighted by Crippen LogP contribution is 2.23. The van der Waals surface area contributed by atoms with Crippen molar-refractivity contribution in [3.8, 4) is 0 Å². The SMILES string of the molecule is CC/C=C\C/C=C\C/C=C\C/C=C\C/C=C\C/C=C\CCCCCCCCCCCCCCCCC(=O)NC(COC1OC(CO)C(O)C(O)C1O)C(O)/C=C/CC/C=C/CC/C=C/CCCCCCCCCCCCCCCC. The first-order valence-electron chi connectivity index (χ1n) is 33.1. The zero-order valence-corrected chi connectivity index (χ0v) is 51.3. The lowest BCUT2D eigenvalue weighted by Crippen LogP contribution is -2.60. The Morgan fingerprint density at radius 1 is 0.438 bits per heavy atom. The zero-order chi connectivity index (χ0) is 57.9. The molecule has 0 radical (unpaired) electrons. The Bertz CT molecular complexity index is 1630. The summed E-state index contributed by atoms with van der Waals surface area (Å²) in [6, 6.07) is -0.836. The van der Waals surface area contributed by atoms with Gasteiger partial charge in [-0.15, -0.1) is 0 Å². The molecule has 6 N–H and O–H groups in total. The number of allylic oxidation sites excluding steroid dienone is 17. The minimum absolute atomic E-state index is 0.193. The summed E-state index contributed by atoms with van der Waals surface area (Å²) in [5.41, 5.74) is 0. The van der Waals surface area contributed by atoms with Crippen molar-refractivity contribution in [1.82, 2.24) is 5.32 Å². The van der Waals surface area contributed by atoms with Crippen LogP contribution in [0.3, 0.4) is 0 Å². The number of amides is 1. The fourth-order valence-electron chi connectivity index (χ4n) is 9.90. The molecule has 0 aromatic carbocycles. The van der Waals surface area contributed by atoms with Crippen molar-refractivity contribution in [2.24, 2.45) is 0 Å². The molecule has 9 heteroatoms. The van der Waals surface area contributed by atoms with Crippen LogP contribution >= 0.6 is 0 Å². The van der Waals surface area contributed by atoms with Crippen molar-refractivity contribution in [3.05, 3.63) is 109 Å². The highest BCUT2D eigenvalue weighted by Gasteiger charge is 2.44. The molecule has 7 unspecified atom stereocenters. The van der Waals surface area contributed by atoms with Crippen LogP contribution in [0, 0.1) is 0 Å². The van der Waals surface area contributed by atoms with E-state index in [9.17, 15) is 30.3 Å². The molecule has 9 nitrogen and oxygen atoms in total. The van der Waals surface area contributed by atoms with Crippen molar-refractivity contribution in [3.63, 3.8) is 0 Å². The molecule has 80 heavy (non-hydrogen) atoms. The van der Waals surface area contributed by atoms with E-state index in [0.717, 1.165) is 83.5 Å². The third kappa shape index (κ3) is 47.4. The Hall–Kier alpha value is -3.15. The molecule has 1 rings (SSSR count). The van der Waals surface area contributed by atoms with Crippen LogP contribution in [0.5, 0.6) is 0 Å². The van der Waals surface area contributed by atoms with Crippen LogP contribution < -0.4 is 5.32 Å². The largest absolute Gasteiger partial charge is 0.394 e. The van der Waals surface area contributed by atoms with Gasteiger partial charge in [-0.05, 0) is 96.3 Å². The van der Waals surface area contributed by atoms with Crippen LogP contribution in [-0.4, -0.2) is 87.5 Å². The van der Waals surface area contributed by atoms with E-state index >= 15 is 0 Å². The van der Waals surface area contributed by atoms with Gasteiger partial charge < -0.3 is 40.3 Å². The normalized spacial score (nSPS) is 19.2. The molecule has 1 aliphatic rings. The van der Waals surface area contributed by atoms with Crippen LogP contribution in [0.1, 0.15) is 277 Å². The van der Waals surface area contributed by atoms with Gasteiger partial charge in [0.15, 0.2) is 6.29 Å².